The molecule has 0 aliphatic heterocycles. The number of ether oxygens (including phenoxy) is 1. The van der Waals surface area contributed by atoms with Gasteiger partial charge in [-0.2, -0.15) is 0 Å². The number of pyridine rings is 2. The minimum Gasteiger partial charge on any atom is -0.466 e. The molecule has 0 saturated carbocycles. The van der Waals surface area contributed by atoms with Gasteiger partial charge in [-0.1, -0.05) is 48.1 Å². The largest absolute Gasteiger partial charge is 0.466 e. The number of aryl methyl sites for hydroxylation is 1. The van der Waals surface area contributed by atoms with Gasteiger partial charge >= 0.3 is 5.97 Å². The van der Waals surface area contributed by atoms with Crippen molar-refractivity contribution in [1.29, 1.82) is 5.41 Å². The molecule has 3 aromatic rings. The summed E-state index contributed by atoms with van der Waals surface area (Å²) >= 11 is 0. The standard InChI is InChI=1S/C34H39N5O4/c1-5-26(12-10-25(4)23-39-16-8-7-9-32(39)40)18-27-19-28(21-36-20-27)34(42)38-22-30(35)29-17-24(3)11-13-31(29)37-15-14-33(41)43-6-2/h5,7-13,16-17,19-21,35,37H,1,6,14-15,18,22-23H2,2-4H3,(H,38,42)/b25-10+,26-12+,35-30?. The van der Waals surface area contributed by atoms with E-state index in [9.17, 15) is 14.4 Å². The smallest absolute Gasteiger partial charge is 0.307 e. The van der Waals surface area contributed by atoms with Crippen LogP contribution in [0.5, 0.6) is 0 Å². The molecule has 0 aliphatic rings. The SMILES string of the molecule is C=C/C(=C\C=C(/C)Cn1ccccc1=O)Cc1cncc(C(=O)NCC(=N)c2cc(C)ccc2NCCC(=O)OCC)c1. The van der Waals surface area contributed by atoms with E-state index in [-0.39, 0.29) is 36.1 Å². The van der Waals surface area contributed by atoms with Crippen LogP contribution in [0.2, 0.25) is 0 Å². The van der Waals surface area contributed by atoms with Gasteiger partial charge in [-0.05, 0) is 62.6 Å². The maximum atomic E-state index is 13.0. The fourth-order valence-corrected chi connectivity index (χ4v) is 4.27. The highest BCUT2D eigenvalue weighted by Gasteiger charge is 2.13. The van der Waals surface area contributed by atoms with Gasteiger partial charge in [-0.25, -0.2) is 0 Å². The van der Waals surface area contributed by atoms with E-state index in [1.165, 1.54) is 12.3 Å². The number of rotatable bonds is 15. The first kappa shape index (κ1) is 32.5. The third kappa shape index (κ3) is 10.4. The van der Waals surface area contributed by atoms with E-state index in [0.717, 1.165) is 22.3 Å². The molecule has 1 amide bonds. The van der Waals surface area contributed by atoms with Gasteiger partial charge in [0, 0.05) is 49.0 Å². The average Bonchev–Trinajstić information content (AvgIpc) is 3.00. The number of anilines is 1. The molecule has 2 aromatic heterocycles. The molecule has 0 atom stereocenters. The van der Waals surface area contributed by atoms with Crippen molar-refractivity contribution in [2.75, 3.05) is 25.0 Å². The predicted molar refractivity (Wildman–Crippen MR) is 171 cm³/mol. The van der Waals surface area contributed by atoms with Crippen molar-refractivity contribution in [3.05, 3.63) is 130 Å². The fourth-order valence-electron chi connectivity index (χ4n) is 4.27. The van der Waals surface area contributed by atoms with E-state index in [2.05, 4.69) is 22.2 Å². The lowest BCUT2D eigenvalue weighted by atomic mass is 10.0. The van der Waals surface area contributed by atoms with Gasteiger partial charge < -0.3 is 25.3 Å². The first-order valence-corrected chi connectivity index (χ1v) is 14.1. The Morgan fingerprint density at radius 2 is 1.95 bits per heavy atom. The number of hydrogen-bond donors (Lipinski definition) is 3. The summed E-state index contributed by atoms with van der Waals surface area (Å²) in [6.45, 7) is 10.8. The van der Waals surface area contributed by atoms with Gasteiger partial charge in [0.25, 0.3) is 11.5 Å². The summed E-state index contributed by atoms with van der Waals surface area (Å²) in [5.41, 5.74) is 5.68. The topological polar surface area (TPSA) is 126 Å². The van der Waals surface area contributed by atoms with Gasteiger partial charge in [0.15, 0.2) is 0 Å². The molecule has 9 heteroatoms. The van der Waals surface area contributed by atoms with E-state index in [4.69, 9.17) is 10.1 Å². The summed E-state index contributed by atoms with van der Waals surface area (Å²) in [6.07, 6.45) is 11.4. The van der Waals surface area contributed by atoms with Gasteiger partial charge in [-0.3, -0.25) is 19.4 Å². The Labute approximate surface area is 252 Å². The second-order valence-electron chi connectivity index (χ2n) is 10.1. The second kappa shape index (κ2) is 16.4. The Bertz CT molecular complexity index is 1590. The molecule has 3 rings (SSSR count). The van der Waals surface area contributed by atoms with Gasteiger partial charge in [0.05, 0.1) is 30.8 Å². The van der Waals surface area contributed by atoms with Crippen molar-refractivity contribution in [2.45, 2.75) is 40.2 Å². The molecular formula is C34H39N5O4. The van der Waals surface area contributed by atoms with Crippen molar-refractivity contribution in [1.82, 2.24) is 14.9 Å². The number of nitrogens with zero attached hydrogens (tertiary/aromatic N) is 2. The van der Waals surface area contributed by atoms with Crippen LogP contribution in [0.1, 0.15) is 47.3 Å². The van der Waals surface area contributed by atoms with Crippen molar-refractivity contribution < 1.29 is 14.3 Å². The third-order valence-corrected chi connectivity index (χ3v) is 6.50. The number of amides is 1. The molecule has 0 saturated heterocycles. The number of carbonyl (C=O) groups is 2. The molecule has 0 bridgehead atoms. The zero-order valence-corrected chi connectivity index (χ0v) is 25.0. The fraction of sp³-hybridized carbons (Fsp3) is 0.265. The molecule has 0 unspecified atom stereocenters. The summed E-state index contributed by atoms with van der Waals surface area (Å²) in [6, 6.07) is 12.5. The molecule has 224 valence electrons. The molecule has 43 heavy (non-hydrogen) atoms. The highest BCUT2D eigenvalue weighted by atomic mass is 16.5. The minimum atomic E-state index is -0.336. The second-order valence-corrected chi connectivity index (χ2v) is 10.1. The van der Waals surface area contributed by atoms with Crippen molar-refractivity contribution >= 4 is 23.3 Å². The number of nitrogens with one attached hydrogen (secondary N) is 3. The summed E-state index contributed by atoms with van der Waals surface area (Å²) < 4.78 is 6.61. The van der Waals surface area contributed by atoms with Crippen molar-refractivity contribution in [3.8, 4) is 0 Å². The lowest BCUT2D eigenvalue weighted by molar-refractivity contribution is -0.142. The van der Waals surface area contributed by atoms with Crippen LogP contribution in [0.4, 0.5) is 5.69 Å². The predicted octanol–water partition coefficient (Wildman–Crippen LogP) is 5.02. The Morgan fingerprint density at radius 3 is 2.70 bits per heavy atom. The van der Waals surface area contributed by atoms with Crippen LogP contribution < -0.4 is 16.2 Å². The Morgan fingerprint density at radius 1 is 1.14 bits per heavy atom. The van der Waals surface area contributed by atoms with Crippen LogP contribution >= 0.6 is 0 Å². The molecule has 0 spiro atoms. The number of benzene rings is 1. The molecule has 2 heterocycles. The molecular weight excluding hydrogens is 542 g/mol. The number of hydrogen-bond acceptors (Lipinski definition) is 7. The maximum absolute atomic E-state index is 13.0. The van der Waals surface area contributed by atoms with Gasteiger partial charge in [0.1, 0.15) is 0 Å². The minimum absolute atomic E-state index is 0.0193. The highest BCUT2D eigenvalue weighted by Crippen LogP contribution is 2.18. The molecule has 3 N–H and O–H groups in total. The Hall–Kier alpha value is -5.05. The lowest BCUT2D eigenvalue weighted by Crippen LogP contribution is -2.30. The number of carbonyl (C=O) groups excluding carboxylic acids is 2. The number of aromatic nitrogens is 2. The number of allylic oxidation sites excluding steroid dienone is 5. The molecule has 1 aromatic carbocycles. The summed E-state index contributed by atoms with van der Waals surface area (Å²) in [7, 11) is 0. The average molecular weight is 582 g/mol. The van der Waals surface area contributed by atoms with Gasteiger partial charge in [0.2, 0.25) is 0 Å². The zero-order chi connectivity index (χ0) is 31.2. The lowest BCUT2D eigenvalue weighted by Gasteiger charge is -2.14. The Kier molecular flexibility index (Phi) is 12.4. The highest BCUT2D eigenvalue weighted by molar-refractivity contribution is 6.07. The van der Waals surface area contributed by atoms with Gasteiger partial charge in [-0.15, -0.1) is 0 Å². The molecule has 0 fully saturated rings. The first-order valence-electron chi connectivity index (χ1n) is 14.1. The molecule has 0 radical (unpaired) electrons. The molecule has 0 aliphatic carbocycles. The van der Waals surface area contributed by atoms with E-state index in [0.29, 0.717) is 42.9 Å². The Balaban J connectivity index is 1.62. The van der Waals surface area contributed by atoms with Crippen LogP contribution in [0.15, 0.2) is 102 Å². The van der Waals surface area contributed by atoms with E-state index < -0.39 is 0 Å². The first-order chi connectivity index (χ1) is 20.7. The quantitative estimate of drug-likeness (QED) is 0.132. The maximum Gasteiger partial charge on any atom is 0.307 e. The summed E-state index contributed by atoms with van der Waals surface area (Å²) in [5.74, 6) is -0.623. The van der Waals surface area contributed by atoms with Crippen LogP contribution in [-0.4, -0.2) is 46.8 Å². The normalized spacial score (nSPS) is 11.5. The van der Waals surface area contributed by atoms with Crippen LogP contribution in [-0.2, 0) is 22.5 Å². The third-order valence-electron chi connectivity index (χ3n) is 6.50. The van der Waals surface area contributed by atoms with E-state index >= 15 is 0 Å². The van der Waals surface area contributed by atoms with Crippen molar-refractivity contribution in [2.24, 2.45) is 0 Å². The van der Waals surface area contributed by atoms with Crippen molar-refractivity contribution in [3.63, 3.8) is 0 Å². The van der Waals surface area contributed by atoms with E-state index in [1.54, 1.807) is 42.1 Å². The summed E-state index contributed by atoms with van der Waals surface area (Å²) in [4.78, 5) is 40.9. The monoisotopic (exact) mass is 581 g/mol. The van der Waals surface area contributed by atoms with Crippen LogP contribution in [0.25, 0.3) is 0 Å². The summed E-state index contributed by atoms with van der Waals surface area (Å²) in [5, 5.41) is 14.6. The number of esters is 1. The van der Waals surface area contributed by atoms with Crippen LogP contribution in [0, 0.1) is 12.3 Å². The molecule has 9 nitrogen and oxygen atoms in total. The van der Waals surface area contributed by atoms with E-state index in [1.807, 2.05) is 50.3 Å². The van der Waals surface area contributed by atoms with Crippen LogP contribution in [0.3, 0.4) is 0 Å². The zero-order valence-electron chi connectivity index (χ0n) is 25.0.